The number of hydrogen-bond acceptors (Lipinski definition) is 8. The lowest BCUT2D eigenvalue weighted by molar-refractivity contribution is -0.159. The SMILES string of the molecule is COC(=O)C1(C)CCN(C(C)=O)C1=O.COC(=O)C1CCN(C(C)=O)C1=O. The van der Waals surface area contributed by atoms with Crippen molar-refractivity contribution in [1.82, 2.24) is 9.80 Å². The van der Waals surface area contributed by atoms with Gasteiger partial charge in [-0.25, -0.2) is 0 Å². The summed E-state index contributed by atoms with van der Waals surface area (Å²) in [6, 6.07) is 0. The number of carbonyl (C=O) groups is 6. The van der Waals surface area contributed by atoms with Crippen LogP contribution in [0.3, 0.4) is 0 Å². The average Bonchev–Trinajstić information content (AvgIpc) is 3.15. The second kappa shape index (κ2) is 8.74. The van der Waals surface area contributed by atoms with Gasteiger partial charge in [-0.2, -0.15) is 0 Å². The maximum atomic E-state index is 11.7. The maximum absolute atomic E-state index is 11.7. The van der Waals surface area contributed by atoms with Gasteiger partial charge in [0, 0.05) is 26.9 Å². The molecule has 2 fully saturated rings. The molecule has 150 valence electrons. The van der Waals surface area contributed by atoms with Crippen LogP contribution in [0.25, 0.3) is 0 Å². The molecule has 0 N–H and O–H groups in total. The van der Waals surface area contributed by atoms with E-state index >= 15 is 0 Å². The first-order valence-electron chi connectivity index (χ1n) is 8.32. The molecule has 4 amide bonds. The van der Waals surface area contributed by atoms with Crippen LogP contribution in [0.2, 0.25) is 0 Å². The topological polar surface area (TPSA) is 127 Å². The minimum atomic E-state index is -1.18. The third-order valence-electron chi connectivity index (χ3n) is 4.64. The number of amides is 4. The predicted octanol–water partition coefficient (Wildman–Crippen LogP) is -0.501. The minimum absolute atomic E-state index is 0.291. The molecule has 2 rings (SSSR count). The third-order valence-corrected chi connectivity index (χ3v) is 4.64. The molecular weight excluding hydrogens is 360 g/mol. The van der Waals surface area contributed by atoms with Gasteiger partial charge in [-0.15, -0.1) is 0 Å². The van der Waals surface area contributed by atoms with E-state index in [1.165, 1.54) is 35.0 Å². The number of hydrogen-bond donors (Lipinski definition) is 0. The molecule has 2 aliphatic heterocycles. The largest absolute Gasteiger partial charge is 0.468 e. The van der Waals surface area contributed by atoms with Crippen LogP contribution in [-0.4, -0.2) is 72.7 Å². The summed E-state index contributed by atoms with van der Waals surface area (Å²) < 4.78 is 8.97. The lowest BCUT2D eigenvalue weighted by atomic mass is 9.89. The van der Waals surface area contributed by atoms with Crippen molar-refractivity contribution < 1.29 is 38.2 Å². The summed E-state index contributed by atoms with van der Waals surface area (Å²) in [4.78, 5) is 69.4. The van der Waals surface area contributed by atoms with Gasteiger partial charge in [0.05, 0.1) is 14.2 Å². The molecule has 10 nitrogen and oxygen atoms in total. The standard InChI is InChI=1S/C9H13NO4.C8H11NO4/c1-6(11)10-5-4-9(2,7(10)12)8(13)14-3;1-5(10)9-4-3-6(7(9)11)8(12)13-2/h4-5H2,1-3H3;6H,3-4H2,1-2H3. The van der Waals surface area contributed by atoms with E-state index < -0.39 is 35.1 Å². The predicted molar refractivity (Wildman–Crippen MR) is 89.7 cm³/mol. The van der Waals surface area contributed by atoms with E-state index in [0.717, 1.165) is 9.80 Å². The lowest BCUT2D eigenvalue weighted by Gasteiger charge is -2.18. The van der Waals surface area contributed by atoms with E-state index in [4.69, 9.17) is 0 Å². The van der Waals surface area contributed by atoms with Crippen molar-refractivity contribution in [2.45, 2.75) is 33.6 Å². The zero-order valence-corrected chi connectivity index (χ0v) is 16.1. The second-order valence-corrected chi connectivity index (χ2v) is 6.42. The molecule has 0 bridgehead atoms. The average molecular weight is 384 g/mol. The van der Waals surface area contributed by atoms with E-state index in [1.807, 2.05) is 0 Å². The Balaban J connectivity index is 0.000000271. The Morgan fingerprint density at radius 3 is 1.89 bits per heavy atom. The fraction of sp³-hybridized carbons (Fsp3) is 0.647. The molecule has 0 aromatic rings. The molecule has 0 aliphatic carbocycles. The summed E-state index contributed by atoms with van der Waals surface area (Å²) in [6.45, 7) is 4.72. The summed E-state index contributed by atoms with van der Waals surface area (Å²) in [5.74, 6) is -3.48. The maximum Gasteiger partial charge on any atom is 0.321 e. The zero-order valence-electron chi connectivity index (χ0n) is 16.1. The van der Waals surface area contributed by atoms with Crippen molar-refractivity contribution in [2.75, 3.05) is 27.3 Å². The first-order chi connectivity index (χ1) is 12.5. The summed E-state index contributed by atoms with van der Waals surface area (Å²) in [6.07, 6.45) is 0.698. The fourth-order valence-electron chi connectivity index (χ4n) is 2.91. The van der Waals surface area contributed by atoms with Gasteiger partial charge in [0.1, 0.15) is 11.3 Å². The van der Waals surface area contributed by atoms with Crippen LogP contribution in [0.5, 0.6) is 0 Å². The number of esters is 2. The smallest absolute Gasteiger partial charge is 0.321 e. The van der Waals surface area contributed by atoms with Crippen molar-refractivity contribution in [1.29, 1.82) is 0 Å². The Morgan fingerprint density at radius 2 is 1.52 bits per heavy atom. The van der Waals surface area contributed by atoms with Crippen molar-refractivity contribution in [3.63, 3.8) is 0 Å². The fourth-order valence-corrected chi connectivity index (χ4v) is 2.91. The Kier molecular flexibility index (Phi) is 7.21. The molecule has 2 aliphatic rings. The van der Waals surface area contributed by atoms with Crippen LogP contribution in [0.1, 0.15) is 33.6 Å². The number of likely N-dealkylation sites (tertiary alicyclic amines) is 2. The Hall–Kier alpha value is -2.78. The highest BCUT2D eigenvalue weighted by molar-refractivity contribution is 6.09. The van der Waals surface area contributed by atoms with E-state index in [9.17, 15) is 28.8 Å². The number of imide groups is 2. The Labute approximate surface area is 156 Å². The molecule has 2 heterocycles. The van der Waals surface area contributed by atoms with Gasteiger partial charge in [0.2, 0.25) is 23.6 Å². The van der Waals surface area contributed by atoms with Gasteiger partial charge in [-0.3, -0.25) is 38.6 Å². The van der Waals surface area contributed by atoms with Crippen LogP contribution in [-0.2, 0) is 38.2 Å². The minimum Gasteiger partial charge on any atom is -0.468 e. The number of rotatable bonds is 2. The van der Waals surface area contributed by atoms with Gasteiger partial charge >= 0.3 is 11.9 Å². The van der Waals surface area contributed by atoms with Crippen LogP contribution >= 0.6 is 0 Å². The van der Waals surface area contributed by atoms with Crippen molar-refractivity contribution >= 4 is 35.6 Å². The molecule has 0 aromatic heterocycles. The zero-order chi connectivity index (χ0) is 20.9. The van der Waals surface area contributed by atoms with Gasteiger partial charge in [0.15, 0.2) is 0 Å². The molecular formula is C17H24N2O8. The molecule has 2 saturated heterocycles. The van der Waals surface area contributed by atoms with E-state index in [0.29, 0.717) is 25.9 Å². The summed E-state index contributed by atoms with van der Waals surface area (Å²) in [5.41, 5.74) is -1.18. The van der Waals surface area contributed by atoms with Gasteiger partial charge < -0.3 is 9.47 Å². The molecule has 0 aromatic carbocycles. The lowest BCUT2D eigenvalue weighted by Crippen LogP contribution is -2.40. The first kappa shape index (κ1) is 22.3. The normalized spacial score (nSPS) is 24.3. The monoisotopic (exact) mass is 384 g/mol. The molecule has 27 heavy (non-hydrogen) atoms. The highest BCUT2D eigenvalue weighted by Gasteiger charge is 2.50. The van der Waals surface area contributed by atoms with Crippen LogP contribution in [0.4, 0.5) is 0 Å². The second-order valence-electron chi connectivity index (χ2n) is 6.42. The van der Waals surface area contributed by atoms with E-state index in [1.54, 1.807) is 0 Å². The summed E-state index contributed by atoms with van der Waals surface area (Å²) in [5, 5.41) is 0. The molecule has 0 saturated carbocycles. The van der Waals surface area contributed by atoms with Crippen molar-refractivity contribution in [3.8, 4) is 0 Å². The summed E-state index contributed by atoms with van der Waals surface area (Å²) in [7, 11) is 2.46. The van der Waals surface area contributed by atoms with Crippen LogP contribution in [0.15, 0.2) is 0 Å². The van der Waals surface area contributed by atoms with Gasteiger partial charge in [0.25, 0.3) is 0 Å². The van der Waals surface area contributed by atoms with E-state index in [2.05, 4.69) is 9.47 Å². The molecule has 0 spiro atoms. The molecule has 2 atom stereocenters. The molecule has 10 heteroatoms. The first-order valence-corrected chi connectivity index (χ1v) is 8.32. The molecule has 0 radical (unpaired) electrons. The highest BCUT2D eigenvalue weighted by Crippen LogP contribution is 2.32. The van der Waals surface area contributed by atoms with Gasteiger partial charge in [-0.05, 0) is 19.8 Å². The number of methoxy groups -OCH3 is 2. The van der Waals surface area contributed by atoms with Crippen LogP contribution < -0.4 is 0 Å². The third kappa shape index (κ3) is 4.50. The van der Waals surface area contributed by atoms with Crippen LogP contribution in [0, 0.1) is 11.3 Å². The highest BCUT2D eigenvalue weighted by atomic mass is 16.5. The van der Waals surface area contributed by atoms with E-state index in [-0.39, 0.29) is 11.8 Å². The summed E-state index contributed by atoms with van der Waals surface area (Å²) >= 11 is 0. The Morgan fingerprint density at radius 1 is 0.963 bits per heavy atom. The number of carbonyl (C=O) groups excluding carboxylic acids is 6. The number of ether oxygens (including phenoxy) is 2. The van der Waals surface area contributed by atoms with Gasteiger partial charge in [-0.1, -0.05) is 0 Å². The van der Waals surface area contributed by atoms with Crippen molar-refractivity contribution in [3.05, 3.63) is 0 Å². The molecule has 2 unspecified atom stereocenters. The number of nitrogens with zero attached hydrogens (tertiary/aromatic N) is 2. The quantitative estimate of drug-likeness (QED) is 0.460. The van der Waals surface area contributed by atoms with Crippen molar-refractivity contribution in [2.24, 2.45) is 11.3 Å². The Bertz CT molecular complexity index is 674.